The van der Waals surface area contributed by atoms with Crippen LogP contribution in [0.2, 0.25) is 0 Å². The number of amides is 1. The van der Waals surface area contributed by atoms with Crippen LogP contribution in [0.1, 0.15) is 25.3 Å². The first-order valence-electron chi connectivity index (χ1n) is 8.02. The van der Waals surface area contributed by atoms with E-state index in [1.54, 1.807) is 20.2 Å². The molecular weight excluding hydrogens is 311 g/mol. The van der Waals surface area contributed by atoms with Crippen molar-refractivity contribution in [1.29, 1.82) is 0 Å². The van der Waals surface area contributed by atoms with Gasteiger partial charge in [0.1, 0.15) is 11.6 Å². The molecule has 0 bridgehead atoms. The van der Waals surface area contributed by atoms with Crippen molar-refractivity contribution >= 4 is 11.9 Å². The first-order chi connectivity index (χ1) is 11.5. The Kier molecular flexibility index (Phi) is 8.60. The number of guanidine groups is 1. The number of ether oxygens (including phenoxy) is 1. The van der Waals surface area contributed by atoms with Gasteiger partial charge in [0.05, 0.1) is 20.2 Å². The fourth-order valence-corrected chi connectivity index (χ4v) is 1.88. The number of hydrogen-bond donors (Lipinski definition) is 2. The summed E-state index contributed by atoms with van der Waals surface area (Å²) in [5.41, 5.74) is 0.697. The Morgan fingerprint density at radius 2 is 2.04 bits per heavy atom. The summed E-state index contributed by atoms with van der Waals surface area (Å²) in [5.74, 6) is 0.571. The van der Waals surface area contributed by atoms with Gasteiger partial charge in [-0.3, -0.25) is 4.79 Å². The van der Waals surface area contributed by atoms with Gasteiger partial charge >= 0.3 is 0 Å². The van der Waals surface area contributed by atoms with Crippen LogP contribution in [0.5, 0.6) is 5.75 Å². The van der Waals surface area contributed by atoms with Crippen molar-refractivity contribution < 1.29 is 13.9 Å². The summed E-state index contributed by atoms with van der Waals surface area (Å²) in [6.45, 7) is 3.29. The second-order valence-electron chi connectivity index (χ2n) is 5.59. The molecule has 7 heteroatoms. The van der Waals surface area contributed by atoms with Crippen LogP contribution in [0.15, 0.2) is 23.2 Å². The van der Waals surface area contributed by atoms with E-state index in [1.165, 1.54) is 24.1 Å². The van der Waals surface area contributed by atoms with Gasteiger partial charge in [-0.15, -0.1) is 0 Å². The molecule has 0 heterocycles. The van der Waals surface area contributed by atoms with Crippen LogP contribution < -0.4 is 15.4 Å². The summed E-state index contributed by atoms with van der Waals surface area (Å²) in [7, 11) is 4.89. The molecule has 0 unspecified atom stereocenters. The third-order valence-electron chi connectivity index (χ3n) is 3.32. The topological polar surface area (TPSA) is 66.0 Å². The Hall–Kier alpha value is -2.31. The van der Waals surface area contributed by atoms with Gasteiger partial charge in [-0.1, -0.05) is 13.3 Å². The van der Waals surface area contributed by atoms with Crippen molar-refractivity contribution in [3.8, 4) is 5.75 Å². The first-order valence-corrected chi connectivity index (χ1v) is 8.02. The number of aliphatic imine (C=N–C) groups is 1. The standard InChI is InChI=1S/C17H27FN4O2/c1-5-6-7-19-17(21-12-16(23)22(2)3)20-11-13-8-14(18)10-15(9-13)24-4/h8-10H,5-7,11-12H2,1-4H3,(H2,19,20,21). The van der Waals surface area contributed by atoms with Gasteiger partial charge in [-0.2, -0.15) is 0 Å². The Labute approximate surface area is 143 Å². The fourth-order valence-electron chi connectivity index (χ4n) is 1.88. The van der Waals surface area contributed by atoms with Crippen molar-refractivity contribution in [2.75, 3.05) is 34.3 Å². The molecule has 1 aromatic carbocycles. The highest BCUT2D eigenvalue weighted by molar-refractivity contribution is 5.86. The number of likely N-dealkylation sites (N-methyl/N-ethyl adjacent to an activating group) is 1. The molecule has 0 saturated carbocycles. The maximum atomic E-state index is 13.5. The SMILES string of the molecule is CCCCNC(=NCc1cc(F)cc(OC)c1)NCC(=O)N(C)C. The van der Waals surface area contributed by atoms with E-state index in [0.717, 1.165) is 19.4 Å². The van der Waals surface area contributed by atoms with Gasteiger partial charge in [-0.25, -0.2) is 9.38 Å². The third-order valence-corrected chi connectivity index (χ3v) is 3.32. The average molecular weight is 338 g/mol. The van der Waals surface area contributed by atoms with Crippen LogP contribution in [0.4, 0.5) is 4.39 Å². The molecule has 1 rings (SSSR count). The molecule has 0 aliphatic heterocycles. The van der Waals surface area contributed by atoms with Crippen LogP contribution in [0.25, 0.3) is 0 Å². The van der Waals surface area contributed by atoms with E-state index in [2.05, 4.69) is 22.5 Å². The molecule has 0 aliphatic rings. The largest absolute Gasteiger partial charge is 0.497 e. The van der Waals surface area contributed by atoms with Crippen molar-refractivity contribution in [3.05, 3.63) is 29.6 Å². The second kappa shape index (κ2) is 10.5. The quantitative estimate of drug-likeness (QED) is 0.431. The van der Waals surface area contributed by atoms with Crippen molar-refractivity contribution in [2.24, 2.45) is 4.99 Å². The normalized spacial score (nSPS) is 11.1. The Bertz CT molecular complexity index is 562. The molecular formula is C17H27FN4O2. The molecule has 0 saturated heterocycles. The zero-order chi connectivity index (χ0) is 17.9. The van der Waals surface area contributed by atoms with Crippen LogP contribution in [0.3, 0.4) is 0 Å². The Morgan fingerprint density at radius 3 is 2.67 bits per heavy atom. The van der Waals surface area contributed by atoms with Gasteiger partial charge in [0.2, 0.25) is 5.91 Å². The molecule has 1 aromatic rings. The number of carbonyl (C=O) groups excluding carboxylic acids is 1. The lowest BCUT2D eigenvalue weighted by Gasteiger charge is -2.15. The van der Waals surface area contributed by atoms with E-state index in [9.17, 15) is 9.18 Å². The summed E-state index contributed by atoms with van der Waals surface area (Å²) in [5, 5.41) is 6.17. The highest BCUT2D eigenvalue weighted by Crippen LogP contribution is 2.16. The van der Waals surface area contributed by atoms with Crippen molar-refractivity contribution in [3.63, 3.8) is 0 Å². The van der Waals surface area contributed by atoms with E-state index in [1.807, 2.05) is 0 Å². The molecule has 0 atom stereocenters. The first kappa shape index (κ1) is 19.7. The maximum Gasteiger partial charge on any atom is 0.241 e. The van der Waals surface area contributed by atoms with Crippen LogP contribution in [-0.4, -0.2) is 51.1 Å². The van der Waals surface area contributed by atoms with E-state index in [-0.39, 0.29) is 24.8 Å². The van der Waals surface area contributed by atoms with E-state index in [0.29, 0.717) is 17.3 Å². The fraction of sp³-hybridized carbons (Fsp3) is 0.529. The lowest BCUT2D eigenvalue weighted by Crippen LogP contribution is -2.43. The number of hydrogen-bond acceptors (Lipinski definition) is 3. The molecule has 0 radical (unpaired) electrons. The average Bonchev–Trinajstić information content (AvgIpc) is 2.55. The molecule has 0 fully saturated rings. The second-order valence-corrected chi connectivity index (χ2v) is 5.59. The lowest BCUT2D eigenvalue weighted by molar-refractivity contribution is -0.127. The Morgan fingerprint density at radius 1 is 1.29 bits per heavy atom. The van der Waals surface area contributed by atoms with Crippen LogP contribution in [0, 0.1) is 5.82 Å². The van der Waals surface area contributed by atoms with Crippen molar-refractivity contribution in [2.45, 2.75) is 26.3 Å². The van der Waals surface area contributed by atoms with E-state index in [4.69, 9.17) is 4.74 Å². The molecule has 134 valence electrons. The summed E-state index contributed by atoms with van der Waals surface area (Å²) >= 11 is 0. The molecule has 1 amide bonds. The predicted octanol–water partition coefficient (Wildman–Crippen LogP) is 1.76. The van der Waals surface area contributed by atoms with Gasteiger partial charge in [0, 0.05) is 26.7 Å². The molecule has 24 heavy (non-hydrogen) atoms. The monoisotopic (exact) mass is 338 g/mol. The lowest BCUT2D eigenvalue weighted by atomic mass is 10.2. The highest BCUT2D eigenvalue weighted by Gasteiger charge is 2.06. The molecule has 0 spiro atoms. The number of benzene rings is 1. The zero-order valence-electron chi connectivity index (χ0n) is 14.9. The predicted molar refractivity (Wildman–Crippen MR) is 93.7 cm³/mol. The summed E-state index contributed by atoms with van der Waals surface area (Å²) in [6, 6.07) is 4.48. The van der Waals surface area contributed by atoms with Gasteiger partial charge < -0.3 is 20.3 Å². The van der Waals surface area contributed by atoms with Gasteiger partial charge in [0.15, 0.2) is 5.96 Å². The minimum absolute atomic E-state index is 0.0487. The number of nitrogens with one attached hydrogen (secondary N) is 2. The van der Waals surface area contributed by atoms with Gasteiger partial charge in [0.25, 0.3) is 0 Å². The number of halogens is 1. The molecule has 0 aliphatic carbocycles. The maximum absolute atomic E-state index is 13.5. The number of rotatable bonds is 8. The van der Waals surface area contributed by atoms with E-state index >= 15 is 0 Å². The summed E-state index contributed by atoms with van der Waals surface area (Å²) in [4.78, 5) is 17.6. The summed E-state index contributed by atoms with van der Waals surface area (Å²) in [6.07, 6.45) is 2.05. The van der Waals surface area contributed by atoms with Crippen molar-refractivity contribution in [1.82, 2.24) is 15.5 Å². The minimum atomic E-state index is -0.365. The minimum Gasteiger partial charge on any atom is -0.497 e. The zero-order valence-corrected chi connectivity index (χ0v) is 14.9. The molecule has 2 N–H and O–H groups in total. The highest BCUT2D eigenvalue weighted by atomic mass is 19.1. The smallest absolute Gasteiger partial charge is 0.241 e. The summed E-state index contributed by atoms with van der Waals surface area (Å²) < 4.78 is 18.6. The third kappa shape index (κ3) is 7.30. The Balaban J connectivity index is 2.75. The molecule has 6 nitrogen and oxygen atoms in total. The number of methoxy groups -OCH3 is 1. The number of carbonyl (C=O) groups is 1. The van der Waals surface area contributed by atoms with E-state index < -0.39 is 0 Å². The number of unbranched alkanes of at least 4 members (excludes halogenated alkanes) is 1. The molecule has 0 aromatic heterocycles. The van der Waals surface area contributed by atoms with Crippen LogP contribution in [-0.2, 0) is 11.3 Å². The van der Waals surface area contributed by atoms with Crippen LogP contribution >= 0.6 is 0 Å². The number of nitrogens with zero attached hydrogens (tertiary/aromatic N) is 2. The van der Waals surface area contributed by atoms with Gasteiger partial charge in [-0.05, 0) is 24.1 Å².